The molecule has 4 heteroatoms. The average Bonchev–Trinajstić information content (AvgIpc) is 3.08. The first-order chi connectivity index (χ1) is 22.8. The predicted octanol–water partition coefficient (Wildman–Crippen LogP) is 10.7. The Morgan fingerprint density at radius 1 is 0.729 bits per heavy atom. The number of benzene rings is 2. The molecule has 48 heavy (non-hydrogen) atoms. The summed E-state index contributed by atoms with van der Waals surface area (Å²) in [6.07, 6.45) is 12.8. The fourth-order valence-corrected chi connectivity index (χ4v) is 12.7. The third-order valence-electron chi connectivity index (χ3n) is 15.9. The molecule has 5 aliphatic rings. The average molecular weight is 651 g/mol. The molecule has 0 aliphatic heterocycles. The van der Waals surface area contributed by atoms with Crippen molar-refractivity contribution in [1.29, 1.82) is 0 Å². The first-order valence-electron chi connectivity index (χ1n) is 19.0. The summed E-state index contributed by atoms with van der Waals surface area (Å²) < 4.78 is 12.6. The van der Waals surface area contributed by atoms with Gasteiger partial charge in [-0.1, -0.05) is 96.5 Å². The predicted molar refractivity (Wildman–Crippen MR) is 191 cm³/mol. The molecule has 0 bridgehead atoms. The third kappa shape index (κ3) is 4.97. The molecule has 4 nitrogen and oxygen atoms in total. The van der Waals surface area contributed by atoms with Crippen molar-refractivity contribution in [3.63, 3.8) is 0 Å². The van der Waals surface area contributed by atoms with Crippen LogP contribution in [0.1, 0.15) is 127 Å². The maximum Gasteiger partial charge on any atom is 0.338 e. The van der Waals surface area contributed by atoms with Gasteiger partial charge in [0, 0.05) is 10.8 Å². The van der Waals surface area contributed by atoms with Gasteiger partial charge in [-0.2, -0.15) is 0 Å². The van der Waals surface area contributed by atoms with E-state index in [1.165, 1.54) is 19.3 Å². The van der Waals surface area contributed by atoms with Crippen LogP contribution >= 0.6 is 0 Å². The number of carbonyl (C=O) groups excluding carboxylic acids is 2. The van der Waals surface area contributed by atoms with Gasteiger partial charge in [0.15, 0.2) is 0 Å². The minimum atomic E-state index is -0.188. The number of carbonyl (C=O) groups is 2. The lowest BCUT2D eigenvalue weighted by Crippen LogP contribution is -2.65. The maximum absolute atomic E-state index is 13.2. The van der Waals surface area contributed by atoms with Gasteiger partial charge in [-0.3, -0.25) is 0 Å². The van der Waals surface area contributed by atoms with Gasteiger partial charge < -0.3 is 9.47 Å². The minimum absolute atomic E-state index is 0.00862. The third-order valence-corrected chi connectivity index (χ3v) is 15.9. The van der Waals surface area contributed by atoms with Crippen LogP contribution in [0.3, 0.4) is 0 Å². The Kier molecular flexibility index (Phi) is 8.31. The molecule has 0 saturated heterocycles. The molecule has 2 aromatic carbocycles. The summed E-state index contributed by atoms with van der Waals surface area (Å²) in [5.41, 5.74) is 3.39. The van der Waals surface area contributed by atoms with E-state index in [9.17, 15) is 9.59 Å². The fraction of sp³-hybridized carbons (Fsp3) is 0.636. The van der Waals surface area contributed by atoms with Crippen LogP contribution in [0.25, 0.3) is 0 Å². The van der Waals surface area contributed by atoms with Crippen molar-refractivity contribution in [1.82, 2.24) is 0 Å². The number of hydrogen-bond donors (Lipinski definition) is 0. The highest BCUT2D eigenvalue weighted by Crippen LogP contribution is 2.76. The molecule has 5 aliphatic carbocycles. The van der Waals surface area contributed by atoms with Crippen LogP contribution in [-0.4, -0.2) is 24.6 Å². The fourth-order valence-electron chi connectivity index (χ4n) is 12.7. The van der Waals surface area contributed by atoms with E-state index in [-0.39, 0.29) is 45.1 Å². The first-order valence-corrected chi connectivity index (χ1v) is 19.0. The summed E-state index contributed by atoms with van der Waals surface area (Å²) in [6.45, 7) is 18.1. The first kappa shape index (κ1) is 33.6. The van der Waals surface area contributed by atoms with Crippen LogP contribution < -0.4 is 0 Å². The number of rotatable bonds is 5. The van der Waals surface area contributed by atoms with E-state index >= 15 is 0 Å². The maximum atomic E-state index is 13.2. The van der Waals surface area contributed by atoms with E-state index in [1.807, 2.05) is 60.7 Å². The van der Waals surface area contributed by atoms with E-state index < -0.39 is 0 Å². The van der Waals surface area contributed by atoms with Crippen molar-refractivity contribution in [3.05, 3.63) is 83.4 Å². The largest absolute Gasteiger partial charge is 0.461 e. The Morgan fingerprint density at radius 3 is 2.04 bits per heavy atom. The molecule has 0 unspecified atom stereocenters. The van der Waals surface area contributed by atoms with Crippen LogP contribution in [-0.2, 0) is 9.47 Å². The van der Waals surface area contributed by atoms with Gasteiger partial charge in [0.25, 0.3) is 0 Å². The Morgan fingerprint density at radius 2 is 1.38 bits per heavy atom. The summed E-state index contributed by atoms with van der Waals surface area (Å²) in [7, 11) is 0. The van der Waals surface area contributed by atoms with E-state index in [0.29, 0.717) is 47.3 Å². The zero-order chi connectivity index (χ0) is 34.1. The quantitative estimate of drug-likeness (QED) is 0.239. The highest BCUT2D eigenvalue weighted by atomic mass is 16.5. The molecule has 0 aromatic heterocycles. The summed E-state index contributed by atoms with van der Waals surface area (Å²) >= 11 is 0. The molecule has 0 radical (unpaired) electrons. The van der Waals surface area contributed by atoms with Crippen LogP contribution in [0.5, 0.6) is 0 Å². The summed E-state index contributed by atoms with van der Waals surface area (Å²) in [6, 6.07) is 19.0. The topological polar surface area (TPSA) is 52.6 Å². The van der Waals surface area contributed by atoms with Crippen LogP contribution in [0.4, 0.5) is 0 Å². The molecule has 0 N–H and O–H groups in total. The molecular weight excluding hydrogens is 592 g/mol. The molecule has 258 valence electrons. The van der Waals surface area contributed by atoms with Crippen molar-refractivity contribution in [2.24, 2.45) is 56.7 Å². The van der Waals surface area contributed by atoms with Gasteiger partial charge in [-0.15, -0.1) is 0 Å². The Labute approximate surface area is 289 Å². The van der Waals surface area contributed by atoms with E-state index in [4.69, 9.17) is 9.47 Å². The zero-order valence-corrected chi connectivity index (χ0v) is 30.5. The number of fused-ring (bicyclic) bond motifs is 7. The molecule has 2 aromatic rings. The highest BCUT2D eigenvalue weighted by Gasteiger charge is 2.69. The van der Waals surface area contributed by atoms with Gasteiger partial charge in [0.1, 0.15) is 6.10 Å². The van der Waals surface area contributed by atoms with Gasteiger partial charge in [-0.25, -0.2) is 9.59 Å². The van der Waals surface area contributed by atoms with Crippen molar-refractivity contribution in [2.45, 2.75) is 112 Å². The van der Waals surface area contributed by atoms with Crippen molar-refractivity contribution in [3.8, 4) is 0 Å². The molecule has 4 fully saturated rings. The normalized spacial score (nSPS) is 41.4. The SMILES string of the molecule is C[C@H]1[C@H](C)CC[C@]2(COC(=O)c3ccccc3)CC[C@]3(C)C(=CC[C@@H]4[C@@]5(C)CC[C@H](OC(=O)c6ccccc6)C(C)(C)[C@@H]5CC[C@]43C)[C@H]12. The molecule has 4 saturated carbocycles. The smallest absolute Gasteiger partial charge is 0.338 e. The summed E-state index contributed by atoms with van der Waals surface area (Å²) in [5.74, 6) is 2.36. The van der Waals surface area contributed by atoms with Gasteiger partial charge in [0.2, 0.25) is 0 Å². The second kappa shape index (κ2) is 11.9. The van der Waals surface area contributed by atoms with Crippen LogP contribution in [0.15, 0.2) is 72.3 Å². The molecule has 10 atom stereocenters. The number of hydrogen-bond acceptors (Lipinski definition) is 4. The van der Waals surface area contributed by atoms with Crippen molar-refractivity contribution >= 4 is 11.9 Å². The van der Waals surface area contributed by atoms with Gasteiger partial charge in [0.05, 0.1) is 17.7 Å². The lowest BCUT2D eigenvalue weighted by atomic mass is 9.33. The van der Waals surface area contributed by atoms with Crippen LogP contribution in [0.2, 0.25) is 0 Å². The van der Waals surface area contributed by atoms with E-state index in [2.05, 4.69) is 54.5 Å². The van der Waals surface area contributed by atoms with Crippen molar-refractivity contribution in [2.75, 3.05) is 6.61 Å². The number of ether oxygens (including phenoxy) is 2. The molecule has 0 amide bonds. The lowest BCUT2D eigenvalue weighted by molar-refractivity contribution is -0.206. The number of esters is 2. The van der Waals surface area contributed by atoms with E-state index in [1.54, 1.807) is 5.57 Å². The molecular formula is C44H58O4. The van der Waals surface area contributed by atoms with Gasteiger partial charge >= 0.3 is 11.9 Å². The summed E-state index contributed by atoms with van der Waals surface area (Å²) in [5, 5.41) is 0. The minimum Gasteiger partial charge on any atom is -0.461 e. The Balaban J connectivity index is 1.17. The second-order valence-electron chi connectivity index (χ2n) is 18.1. The zero-order valence-electron chi connectivity index (χ0n) is 30.5. The molecule has 0 heterocycles. The molecule has 7 rings (SSSR count). The Hall–Kier alpha value is -2.88. The van der Waals surface area contributed by atoms with E-state index in [0.717, 1.165) is 38.5 Å². The standard InChI is InChI=1S/C44H58O4/c1-29-20-25-44(28-47-38(45)31-14-10-8-11-15-31)27-26-42(6)33(37(44)30(29)2)18-19-35-41(5)23-22-36(48-39(46)32-16-12-9-13-17-32)40(3,4)34(41)21-24-43(35,42)7/h8-18,29-30,34-37H,19-28H2,1-7H3/t29-,30+,34+,35-,36+,37+,41+,42-,43-,44-/m1/s1. The monoisotopic (exact) mass is 650 g/mol. The molecule has 0 spiro atoms. The summed E-state index contributed by atoms with van der Waals surface area (Å²) in [4.78, 5) is 26.4. The van der Waals surface area contributed by atoms with Gasteiger partial charge in [-0.05, 0) is 128 Å². The second-order valence-corrected chi connectivity index (χ2v) is 18.1. The lowest BCUT2D eigenvalue weighted by Gasteiger charge is -2.71. The highest BCUT2D eigenvalue weighted by molar-refractivity contribution is 5.89. The Bertz CT molecular complexity index is 1560. The van der Waals surface area contributed by atoms with Crippen molar-refractivity contribution < 1.29 is 19.1 Å². The number of allylic oxidation sites excluding steroid dienone is 2. The van der Waals surface area contributed by atoms with Crippen LogP contribution in [0, 0.1) is 56.7 Å².